The second kappa shape index (κ2) is 4.29. The zero-order valence-electron chi connectivity index (χ0n) is 12.3. The van der Waals surface area contributed by atoms with E-state index in [2.05, 4.69) is 41.5 Å². The van der Waals surface area contributed by atoms with E-state index >= 15 is 0 Å². The summed E-state index contributed by atoms with van der Waals surface area (Å²) >= 11 is 0. The molecule has 0 aliphatic heterocycles. The number of hydrogen-bond donors (Lipinski definition) is 1. The molecule has 0 aromatic carbocycles. The van der Waals surface area contributed by atoms with E-state index in [0.29, 0.717) is 0 Å². The fraction of sp³-hybridized carbons (Fsp3) is 0.933. The molecule has 2 atom stereocenters. The van der Waals surface area contributed by atoms with Gasteiger partial charge in [-0.25, -0.2) is 0 Å². The van der Waals surface area contributed by atoms with Gasteiger partial charge in [0, 0.05) is 0 Å². The van der Waals surface area contributed by atoms with Crippen LogP contribution in [0, 0.1) is 22.2 Å². The summed E-state index contributed by atoms with van der Waals surface area (Å²) in [6.45, 7) is 12.8. The van der Waals surface area contributed by atoms with Gasteiger partial charge in [-0.1, -0.05) is 54.4 Å². The van der Waals surface area contributed by atoms with Gasteiger partial charge < -0.3 is 5.11 Å². The van der Waals surface area contributed by atoms with Crippen LogP contribution in [0.2, 0.25) is 0 Å². The van der Waals surface area contributed by atoms with Crippen LogP contribution < -0.4 is 0 Å². The zero-order chi connectivity index (χ0) is 13.5. The Morgan fingerprint density at radius 1 is 1.12 bits per heavy atom. The summed E-state index contributed by atoms with van der Waals surface area (Å²) in [5, 5.41) is 9.86. The van der Waals surface area contributed by atoms with Gasteiger partial charge in [-0.3, -0.25) is 4.79 Å². The molecule has 0 heterocycles. The summed E-state index contributed by atoms with van der Waals surface area (Å²) in [5.74, 6) is -0.328. The van der Waals surface area contributed by atoms with E-state index < -0.39 is 11.4 Å². The van der Waals surface area contributed by atoms with Crippen molar-refractivity contribution in [2.24, 2.45) is 22.2 Å². The van der Waals surface area contributed by atoms with Gasteiger partial charge in [-0.05, 0) is 29.6 Å². The SMILES string of the molecule is CC(C)(C)C1CCCCC1(C(=O)O)C(C)(C)C. The Morgan fingerprint density at radius 2 is 1.65 bits per heavy atom. The Labute approximate surface area is 106 Å². The van der Waals surface area contributed by atoms with Crippen molar-refractivity contribution in [3.05, 3.63) is 0 Å². The predicted octanol–water partition coefficient (Wildman–Crippen LogP) is 4.34. The standard InChI is InChI=1S/C15H28O2/c1-13(2,3)11-9-7-8-10-15(11,12(16)17)14(4,5)6/h11H,7-10H2,1-6H3,(H,16,17). The highest BCUT2D eigenvalue weighted by molar-refractivity contribution is 5.76. The Hall–Kier alpha value is -0.530. The van der Waals surface area contributed by atoms with Crippen LogP contribution in [-0.4, -0.2) is 11.1 Å². The third-order valence-electron chi connectivity index (χ3n) is 4.67. The van der Waals surface area contributed by atoms with Gasteiger partial charge in [-0.2, -0.15) is 0 Å². The number of aliphatic carboxylic acids is 1. The molecule has 2 nitrogen and oxygen atoms in total. The Kier molecular flexibility index (Phi) is 3.67. The lowest BCUT2D eigenvalue weighted by atomic mass is 9.49. The quantitative estimate of drug-likeness (QED) is 0.740. The van der Waals surface area contributed by atoms with Gasteiger partial charge in [0.25, 0.3) is 0 Å². The summed E-state index contributed by atoms with van der Waals surface area (Å²) in [4.78, 5) is 12.0. The Balaban J connectivity index is 3.29. The van der Waals surface area contributed by atoms with Gasteiger partial charge in [-0.15, -0.1) is 0 Å². The minimum absolute atomic E-state index is 0.0616. The molecule has 0 amide bonds. The van der Waals surface area contributed by atoms with Crippen LogP contribution in [0.15, 0.2) is 0 Å². The van der Waals surface area contributed by atoms with Crippen LogP contribution in [0.5, 0.6) is 0 Å². The molecular weight excluding hydrogens is 212 g/mol. The van der Waals surface area contributed by atoms with Gasteiger partial charge >= 0.3 is 5.97 Å². The maximum Gasteiger partial charge on any atom is 0.310 e. The third kappa shape index (κ3) is 2.36. The highest BCUT2D eigenvalue weighted by Gasteiger charge is 2.57. The van der Waals surface area contributed by atoms with Gasteiger partial charge in [0.1, 0.15) is 0 Å². The van der Waals surface area contributed by atoms with Crippen molar-refractivity contribution >= 4 is 5.97 Å². The van der Waals surface area contributed by atoms with Crippen LogP contribution in [0.1, 0.15) is 67.2 Å². The fourth-order valence-electron chi connectivity index (χ4n) is 3.82. The largest absolute Gasteiger partial charge is 0.481 e. The average molecular weight is 240 g/mol. The van der Waals surface area contributed by atoms with Crippen LogP contribution >= 0.6 is 0 Å². The van der Waals surface area contributed by atoms with Gasteiger partial charge in [0.15, 0.2) is 0 Å². The highest BCUT2D eigenvalue weighted by Crippen LogP contribution is 2.58. The van der Waals surface area contributed by atoms with Crippen molar-refractivity contribution in [3.63, 3.8) is 0 Å². The molecule has 1 aliphatic carbocycles. The molecule has 2 heteroatoms. The van der Waals surface area contributed by atoms with Crippen LogP contribution in [0.3, 0.4) is 0 Å². The second-order valence-corrected chi connectivity index (χ2v) is 7.69. The number of carboxylic acid groups (broad SMARTS) is 1. The number of hydrogen-bond acceptors (Lipinski definition) is 1. The molecule has 1 saturated carbocycles. The molecule has 0 radical (unpaired) electrons. The highest BCUT2D eigenvalue weighted by atomic mass is 16.4. The molecule has 1 rings (SSSR count). The van der Waals surface area contributed by atoms with E-state index in [4.69, 9.17) is 0 Å². The lowest BCUT2D eigenvalue weighted by molar-refractivity contribution is -0.173. The topological polar surface area (TPSA) is 37.3 Å². The number of carboxylic acids is 1. The van der Waals surface area contributed by atoms with Gasteiger partial charge in [0.2, 0.25) is 0 Å². The van der Waals surface area contributed by atoms with Crippen molar-refractivity contribution in [2.45, 2.75) is 67.2 Å². The van der Waals surface area contributed by atoms with Crippen molar-refractivity contribution in [3.8, 4) is 0 Å². The minimum atomic E-state index is -0.593. The predicted molar refractivity (Wildman–Crippen MR) is 70.9 cm³/mol. The minimum Gasteiger partial charge on any atom is -0.481 e. The van der Waals surface area contributed by atoms with Gasteiger partial charge in [0.05, 0.1) is 5.41 Å². The monoisotopic (exact) mass is 240 g/mol. The van der Waals surface area contributed by atoms with Crippen molar-refractivity contribution < 1.29 is 9.90 Å². The lowest BCUT2D eigenvalue weighted by Gasteiger charge is -2.54. The van der Waals surface area contributed by atoms with Crippen LogP contribution in [-0.2, 0) is 4.79 Å². The molecule has 2 unspecified atom stereocenters. The zero-order valence-corrected chi connectivity index (χ0v) is 12.3. The molecule has 1 aliphatic rings. The Bertz CT molecular complexity index is 293. The summed E-state index contributed by atoms with van der Waals surface area (Å²) in [7, 11) is 0. The number of rotatable bonds is 1. The summed E-state index contributed by atoms with van der Waals surface area (Å²) in [6.07, 6.45) is 4.10. The van der Waals surface area contributed by atoms with Crippen molar-refractivity contribution in [1.82, 2.24) is 0 Å². The average Bonchev–Trinajstić information content (AvgIpc) is 2.14. The lowest BCUT2D eigenvalue weighted by Crippen LogP contribution is -2.54. The molecule has 0 saturated heterocycles. The molecule has 0 bridgehead atoms. The first-order chi connectivity index (χ1) is 7.53. The van der Waals surface area contributed by atoms with Crippen LogP contribution in [0.4, 0.5) is 0 Å². The first-order valence-electron chi connectivity index (χ1n) is 6.77. The summed E-state index contributed by atoms with van der Waals surface area (Å²) in [5.41, 5.74) is -0.688. The van der Waals surface area contributed by atoms with E-state index in [1.165, 1.54) is 6.42 Å². The van der Waals surface area contributed by atoms with E-state index in [1.807, 2.05) is 0 Å². The molecule has 0 aromatic rings. The molecule has 17 heavy (non-hydrogen) atoms. The van der Waals surface area contributed by atoms with E-state index in [0.717, 1.165) is 19.3 Å². The van der Waals surface area contributed by atoms with Crippen molar-refractivity contribution in [1.29, 1.82) is 0 Å². The number of carbonyl (C=O) groups is 1. The molecule has 1 fully saturated rings. The normalized spacial score (nSPS) is 31.3. The fourth-order valence-corrected chi connectivity index (χ4v) is 3.82. The maximum atomic E-state index is 12.0. The van der Waals surface area contributed by atoms with E-state index in [9.17, 15) is 9.90 Å². The molecule has 1 N–H and O–H groups in total. The van der Waals surface area contributed by atoms with E-state index in [1.54, 1.807) is 0 Å². The smallest absolute Gasteiger partial charge is 0.310 e. The summed E-state index contributed by atoms with van der Waals surface area (Å²) < 4.78 is 0. The third-order valence-corrected chi connectivity index (χ3v) is 4.67. The van der Waals surface area contributed by atoms with Crippen molar-refractivity contribution in [2.75, 3.05) is 0 Å². The maximum absolute atomic E-state index is 12.0. The second-order valence-electron chi connectivity index (χ2n) is 7.69. The molecule has 100 valence electrons. The van der Waals surface area contributed by atoms with Crippen LogP contribution in [0.25, 0.3) is 0 Å². The molecular formula is C15H28O2. The first kappa shape index (κ1) is 14.5. The molecule has 0 aromatic heterocycles. The van der Waals surface area contributed by atoms with E-state index in [-0.39, 0.29) is 16.7 Å². The molecule has 0 spiro atoms. The Morgan fingerprint density at radius 3 is 1.94 bits per heavy atom. The summed E-state index contributed by atoms with van der Waals surface area (Å²) in [6, 6.07) is 0. The first-order valence-corrected chi connectivity index (χ1v) is 6.77.